The second kappa shape index (κ2) is 7.11. The van der Waals surface area contributed by atoms with Crippen LogP contribution in [-0.2, 0) is 0 Å². The molecule has 2 aromatic rings. The number of anilines is 1. The van der Waals surface area contributed by atoms with Crippen molar-refractivity contribution in [1.29, 1.82) is 0 Å². The van der Waals surface area contributed by atoms with E-state index in [4.69, 9.17) is 16.3 Å². The largest absolute Gasteiger partial charge is 0.497 e. The van der Waals surface area contributed by atoms with Gasteiger partial charge in [-0.1, -0.05) is 23.7 Å². The minimum Gasteiger partial charge on any atom is -0.497 e. The summed E-state index contributed by atoms with van der Waals surface area (Å²) >= 11 is 5.85. The lowest BCUT2D eigenvalue weighted by molar-refractivity contribution is -0.384. The average Bonchev–Trinajstić information content (AvgIpc) is 2.52. The highest BCUT2D eigenvalue weighted by Gasteiger charge is 2.15. The minimum absolute atomic E-state index is 0.0914. The van der Waals surface area contributed by atoms with E-state index in [-0.39, 0.29) is 17.9 Å². The van der Waals surface area contributed by atoms with E-state index < -0.39 is 11.0 Å². The zero-order chi connectivity index (χ0) is 16.1. The topological polar surface area (TPSA) is 84.6 Å². The van der Waals surface area contributed by atoms with Crippen molar-refractivity contribution in [2.24, 2.45) is 0 Å². The summed E-state index contributed by atoms with van der Waals surface area (Å²) < 4.78 is 5.05. The Morgan fingerprint density at radius 3 is 2.59 bits per heavy atom. The van der Waals surface area contributed by atoms with Crippen molar-refractivity contribution < 1.29 is 14.8 Å². The number of nitrogens with one attached hydrogen (secondary N) is 1. The monoisotopic (exact) mass is 322 g/mol. The number of hydrogen-bond acceptors (Lipinski definition) is 5. The molecule has 6 nitrogen and oxygen atoms in total. The molecular weight excluding hydrogens is 308 g/mol. The molecule has 2 aromatic carbocycles. The van der Waals surface area contributed by atoms with E-state index in [1.807, 2.05) is 0 Å². The third kappa shape index (κ3) is 3.87. The first kappa shape index (κ1) is 16.1. The van der Waals surface area contributed by atoms with E-state index in [1.165, 1.54) is 18.2 Å². The molecule has 0 radical (unpaired) electrons. The van der Waals surface area contributed by atoms with Gasteiger partial charge in [-0.05, 0) is 29.8 Å². The average molecular weight is 323 g/mol. The van der Waals surface area contributed by atoms with Crippen molar-refractivity contribution >= 4 is 23.0 Å². The normalized spacial score (nSPS) is 11.8. The Morgan fingerprint density at radius 2 is 2.00 bits per heavy atom. The highest BCUT2D eigenvalue weighted by molar-refractivity contribution is 6.31. The van der Waals surface area contributed by atoms with Crippen LogP contribution in [0.15, 0.2) is 42.5 Å². The second-order valence-corrected chi connectivity index (χ2v) is 5.02. The first-order valence-corrected chi connectivity index (χ1v) is 6.89. The summed E-state index contributed by atoms with van der Waals surface area (Å²) in [5.41, 5.74) is 0.856. The van der Waals surface area contributed by atoms with Crippen LogP contribution in [0.4, 0.5) is 11.4 Å². The van der Waals surface area contributed by atoms with E-state index in [0.29, 0.717) is 16.3 Å². The summed E-state index contributed by atoms with van der Waals surface area (Å²) in [6, 6.07) is 11.2. The molecule has 0 saturated carbocycles. The molecule has 0 aliphatic rings. The van der Waals surface area contributed by atoms with E-state index in [0.717, 1.165) is 0 Å². The van der Waals surface area contributed by atoms with Crippen LogP contribution in [0.1, 0.15) is 11.7 Å². The van der Waals surface area contributed by atoms with E-state index in [9.17, 15) is 15.2 Å². The van der Waals surface area contributed by atoms with Gasteiger partial charge in [-0.3, -0.25) is 10.1 Å². The van der Waals surface area contributed by atoms with Crippen molar-refractivity contribution in [2.45, 2.75) is 6.10 Å². The van der Waals surface area contributed by atoms with Crippen LogP contribution in [0.5, 0.6) is 5.75 Å². The first-order valence-electron chi connectivity index (χ1n) is 6.51. The fourth-order valence-corrected chi connectivity index (χ4v) is 2.13. The number of aliphatic hydroxyl groups excluding tert-OH is 1. The number of halogens is 1. The van der Waals surface area contributed by atoms with Crippen LogP contribution in [0.3, 0.4) is 0 Å². The lowest BCUT2D eigenvalue weighted by atomic mass is 10.1. The Labute approximate surface area is 132 Å². The van der Waals surface area contributed by atoms with Gasteiger partial charge in [-0.25, -0.2) is 0 Å². The fourth-order valence-electron chi connectivity index (χ4n) is 1.96. The first-order chi connectivity index (χ1) is 10.5. The maximum atomic E-state index is 11.0. The third-order valence-corrected chi connectivity index (χ3v) is 3.38. The molecule has 0 amide bonds. The molecule has 0 bridgehead atoms. The highest BCUT2D eigenvalue weighted by atomic mass is 35.5. The summed E-state index contributed by atoms with van der Waals surface area (Å²) in [5.74, 6) is 0.689. The predicted octanol–water partition coefficient (Wildman–Crippen LogP) is 3.40. The van der Waals surface area contributed by atoms with Gasteiger partial charge in [0.15, 0.2) is 0 Å². The molecule has 0 fully saturated rings. The number of benzene rings is 2. The van der Waals surface area contributed by atoms with Gasteiger partial charge < -0.3 is 15.2 Å². The zero-order valence-electron chi connectivity index (χ0n) is 11.8. The number of nitro groups is 1. The molecule has 2 N–H and O–H groups in total. The van der Waals surface area contributed by atoms with Gasteiger partial charge in [0.1, 0.15) is 11.4 Å². The quantitative estimate of drug-likeness (QED) is 0.629. The molecule has 0 aliphatic carbocycles. The van der Waals surface area contributed by atoms with Crippen LogP contribution < -0.4 is 10.1 Å². The SMILES string of the molecule is COc1ccc([C@@H](O)CNc2cc(Cl)ccc2[N+](=O)[O-])cc1. The van der Waals surface area contributed by atoms with Gasteiger partial charge >= 0.3 is 0 Å². The van der Waals surface area contributed by atoms with Gasteiger partial charge in [-0.2, -0.15) is 0 Å². The number of hydrogen-bond donors (Lipinski definition) is 2. The van der Waals surface area contributed by atoms with Crippen molar-refractivity contribution in [2.75, 3.05) is 19.0 Å². The number of rotatable bonds is 6. The van der Waals surface area contributed by atoms with Crippen LogP contribution in [-0.4, -0.2) is 23.7 Å². The molecule has 0 heterocycles. The smallest absolute Gasteiger partial charge is 0.292 e. The standard InChI is InChI=1S/C15H15ClN2O4/c1-22-12-5-2-10(3-6-12)15(19)9-17-13-8-11(16)4-7-14(13)18(20)21/h2-8,15,17,19H,9H2,1H3/t15-/m0/s1. The third-order valence-electron chi connectivity index (χ3n) is 3.14. The Morgan fingerprint density at radius 1 is 1.32 bits per heavy atom. The predicted molar refractivity (Wildman–Crippen MR) is 84.5 cm³/mol. The molecule has 22 heavy (non-hydrogen) atoms. The van der Waals surface area contributed by atoms with Crippen LogP contribution in [0, 0.1) is 10.1 Å². The van der Waals surface area contributed by atoms with Crippen molar-refractivity contribution in [3.63, 3.8) is 0 Å². The van der Waals surface area contributed by atoms with Crippen molar-refractivity contribution in [3.8, 4) is 5.75 Å². The molecule has 0 spiro atoms. The summed E-state index contributed by atoms with van der Waals surface area (Å²) in [4.78, 5) is 10.5. The number of nitrogens with zero attached hydrogens (tertiary/aromatic N) is 1. The lowest BCUT2D eigenvalue weighted by Gasteiger charge is -2.14. The van der Waals surface area contributed by atoms with Gasteiger partial charge in [-0.15, -0.1) is 0 Å². The summed E-state index contributed by atoms with van der Waals surface area (Å²) in [5, 5.41) is 24.3. The van der Waals surface area contributed by atoms with Crippen LogP contribution in [0.25, 0.3) is 0 Å². The number of methoxy groups -OCH3 is 1. The van der Waals surface area contributed by atoms with Crippen LogP contribution >= 0.6 is 11.6 Å². The van der Waals surface area contributed by atoms with E-state index in [2.05, 4.69) is 5.32 Å². The Bertz CT molecular complexity index is 661. The molecule has 0 aromatic heterocycles. The molecule has 0 saturated heterocycles. The zero-order valence-corrected chi connectivity index (χ0v) is 12.6. The molecule has 1 atom stereocenters. The van der Waals surface area contributed by atoms with Crippen molar-refractivity contribution in [1.82, 2.24) is 0 Å². The maximum absolute atomic E-state index is 11.0. The van der Waals surface area contributed by atoms with Gasteiger partial charge in [0.05, 0.1) is 18.1 Å². The Hall–Kier alpha value is -2.31. The maximum Gasteiger partial charge on any atom is 0.292 e. The molecule has 116 valence electrons. The molecule has 7 heteroatoms. The van der Waals surface area contributed by atoms with Gasteiger partial charge in [0.2, 0.25) is 0 Å². The van der Waals surface area contributed by atoms with E-state index >= 15 is 0 Å². The van der Waals surface area contributed by atoms with Crippen LogP contribution in [0.2, 0.25) is 5.02 Å². The Kier molecular flexibility index (Phi) is 5.19. The van der Waals surface area contributed by atoms with Gasteiger partial charge in [0.25, 0.3) is 5.69 Å². The number of nitro benzene ring substituents is 1. The minimum atomic E-state index is -0.815. The Balaban J connectivity index is 2.08. The molecule has 0 unspecified atom stereocenters. The van der Waals surface area contributed by atoms with Gasteiger partial charge in [0, 0.05) is 17.6 Å². The van der Waals surface area contributed by atoms with Crippen molar-refractivity contribution in [3.05, 3.63) is 63.2 Å². The summed E-state index contributed by atoms with van der Waals surface area (Å²) in [6.45, 7) is 0.119. The number of ether oxygens (including phenoxy) is 1. The summed E-state index contributed by atoms with van der Waals surface area (Å²) in [6.07, 6.45) is -0.815. The molecule has 2 rings (SSSR count). The second-order valence-electron chi connectivity index (χ2n) is 4.59. The summed E-state index contributed by atoms with van der Waals surface area (Å²) in [7, 11) is 1.56. The number of aliphatic hydroxyl groups is 1. The lowest BCUT2D eigenvalue weighted by Crippen LogP contribution is -2.13. The highest BCUT2D eigenvalue weighted by Crippen LogP contribution is 2.28. The van der Waals surface area contributed by atoms with E-state index in [1.54, 1.807) is 31.4 Å². The molecular formula is C15H15ClN2O4. The molecule has 0 aliphatic heterocycles. The fraction of sp³-hybridized carbons (Fsp3) is 0.200.